The molecule has 2 atom stereocenters. The number of hydrogen-bond acceptors (Lipinski definition) is 4. The van der Waals surface area contributed by atoms with Gasteiger partial charge in [0.2, 0.25) is 0 Å². The monoisotopic (exact) mass is 184 g/mol. The first-order valence-electron chi connectivity index (χ1n) is 4.79. The molecule has 2 rings (SSSR count). The van der Waals surface area contributed by atoms with Crippen LogP contribution in [0.4, 0.5) is 0 Å². The van der Waals surface area contributed by atoms with Crippen molar-refractivity contribution >= 4 is 5.97 Å². The minimum atomic E-state index is -0.118. The van der Waals surface area contributed by atoms with Crippen molar-refractivity contribution in [2.45, 2.75) is 0 Å². The topological polar surface area (TPSA) is 41.6 Å². The van der Waals surface area contributed by atoms with Gasteiger partial charge in [0.15, 0.2) is 0 Å². The number of methoxy groups -OCH3 is 1. The lowest BCUT2D eigenvalue weighted by molar-refractivity contribution is -0.141. The zero-order chi connectivity index (χ0) is 9.26. The van der Waals surface area contributed by atoms with Gasteiger partial charge in [-0.2, -0.15) is 0 Å². The van der Waals surface area contributed by atoms with Gasteiger partial charge in [0.25, 0.3) is 0 Å². The number of fused-ring (bicyclic) bond motifs is 1. The smallest absolute Gasteiger partial charge is 0.319 e. The maximum Gasteiger partial charge on any atom is 0.319 e. The van der Waals surface area contributed by atoms with Gasteiger partial charge in [-0.3, -0.25) is 9.69 Å². The lowest BCUT2D eigenvalue weighted by Crippen LogP contribution is -2.31. The summed E-state index contributed by atoms with van der Waals surface area (Å²) in [5.41, 5.74) is 0. The van der Waals surface area contributed by atoms with E-state index in [9.17, 15) is 4.79 Å². The maximum atomic E-state index is 11.0. The van der Waals surface area contributed by atoms with E-state index in [1.165, 1.54) is 7.11 Å². The largest absolute Gasteiger partial charge is 0.468 e. The molecule has 0 spiro atoms. The third kappa shape index (κ3) is 1.84. The summed E-state index contributed by atoms with van der Waals surface area (Å²) in [7, 11) is 1.45. The predicted octanol–water partition coefficient (Wildman–Crippen LogP) is -0.689. The molecular weight excluding hydrogens is 168 g/mol. The van der Waals surface area contributed by atoms with Crippen LogP contribution in [0.15, 0.2) is 0 Å². The van der Waals surface area contributed by atoms with Crippen LogP contribution in [-0.2, 0) is 9.53 Å². The Bertz CT molecular complexity index is 196. The second-order valence-corrected chi connectivity index (χ2v) is 3.95. The van der Waals surface area contributed by atoms with Crippen molar-refractivity contribution in [3.63, 3.8) is 0 Å². The zero-order valence-corrected chi connectivity index (χ0v) is 7.95. The summed E-state index contributed by atoms with van der Waals surface area (Å²) in [6.07, 6.45) is 0. The standard InChI is InChI=1S/C9H16N2O2/c1-13-9(12)6-11-4-7-2-10-3-8(7)5-11/h7-8,10H,2-6H2,1H3. The fourth-order valence-corrected chi connectivity index (χ4v) is 2.33. The van der Waals surface area contributed by atoms with Gasteiger partial charge in [-0.1, -0.05) is 0 Å². The Labute approximate surface area is 78.2 Å². The van der Waals surface area contributed by atoms with Gasteiger partial charge in [0, 0.05) is 13.1 Å². The first kappa shape index (κ1) is 8.97. The van der Waals surface area contributed by atoms with E-state index in [2.05, 4.69) is 15.0 Å². The highest BCUT2D eigenvalue weighted by atomic mass is 16.5. The Hall–Kier alpha value is -0.610. The molecule has 2 unspecified atom stereocenters. The Morgan fingerprint density at radius 2 is 2.08 bits per heavy atom. The SMILES string of the molecule is COC(=O)CN1CC2CNCC2C1. The number of likely N-dealkylation sites (tertiary alicyclic amines) is 1. The molecule has 2 heterocycles. The molecule has 2 fully saturated rings. The molecule has 2 aliphatic heterocycles. The highest BCUT2D eigenvalue weighted by Gasteiger charge is 2.36. The fourth-order valence-electron chi connectivity index (χ4n) is 2.33. The van der Waals surface area contributed by atoms with Crippen LogP contribution in [0.3, 0.4) is 0 Å². The number of carbonyl (C=O) groups excluding carboxylic acids is 1. The van der Waals surface area contributed by atoms with Crippen molar-refractivity contribution in [2.24, 2.45) is 11.8 Å². The van der Waals surface area contributed by atoms with Crippen LogP contribution in [0.5, 0.6) is 0 Å². The molecule has 74 valence electrons. The molecule has 0 aromatic rings. The third-order valence-electron chi connectivity index (χ3n) is 3.05. The van der Waals surface area contributed by atoms with Crippen molar-refractivity contribution in [2.75, 3.05) is 39.8 Å². The van der Waals surface area contributed by atoms with Gasteiger partial charge < -0.3 is 10.1 Å². The Kier molecular flexibility index (Phi) is 2.51. The summed E-state index contributed by atoms with van der Waals surface area (Å²) < 4.78 is 4.64. The highest BCUT2D eigenvalue weighted by molar-refractivity contribution is 5.71. The van der Waals surface area contributed by atoms with E-state index >= 15 is 0 Å². The number of rotatable bonds is 2. The van der Waals surface area contributed by atoms with Gasteiger partial charge in [0.05, 0.1) is 13.7 Å². The summed E-state index contributed by atoms with van der Waals surface area (Å²) in [5, 5.41) is 3.37. The Morgan fingerprint density at radius 1 is 1.46 bits per heavy atom. The maximum absolute atomic E-state index is 11.0. The molecule has 0 amide bonds. The summed E-state index contributed by atoms with van der Waals surface area (Å²) in [5.74, 6) is 1.39. The number of hydrogen-bond donors (Lipinski definition) is 1. The molecule has 0 aromatic heterocycles. The van der Waals surface area contributed by atoms with Crippen LogP contribution in [0.25, 0.3) is 0 Å². The average molecular weight is 184 g/mol. The molecule has 13 heavy (non-hydrogen) atoms. The Balaban J connectivity index is 1.82. The summed E-state index contributed by atoms with van der Waals surface area (Å²) in [6.45, 7) is 4.79. The second-order valence-electron chi connectivity index (χ2n) is 3.95. The summed E-state index contributed by atoms with van der Waals surface area (Å²) in [4.78, 5) is 13.2. The minimum Gasteiger partial charge on any atom is -0.468 e. The van der Waals surface area contributed by atoms with E-state index in [1.54, 1.807) is 0 Å². The molecule has 0 aromatic carbocycles. The zero-order valence-electron chi connectivity index (χ0n) is 7.95. The number of nitrogens with one attached hydrogen (secondary N) is 1. The van der Waals surface area contributed by atoms with Crippen LogP contribution >= 0.6 is 0 Å². The molecule has 2 saturated heterocycles. The fraction of sp³-hybridized carbons (Fsp3) is 0.889. The molecule has 0 radical (unpaired) electrons. The van der Waals surface area contributed by atoms with Gasteiger partial charge in [0.1, 0.15) is 0 Å². The van der Waals surface area contributed by atoms with Crippen molar-refractivity contribution in [3.05, 3.63) is 0 Å². The van der Waals surface area contributed by atoms with Gasteiger partial charge in [-0.05, 0) is 24.9 Å². The van der Waals surface area contributed by atoms with Crippen LogP contribution in [0.2, 0.25) is 0 Å². The molecule has 0 aliphatic carbocycles. The lowest BCUT2D eigenvalue weighted by atomic mass is 10.0. The normalized spacial score (nSPS) is 33.3. The Morgan fingerprint density at radius 3 is 2.62 bits per heavy atom. The van der Waals surface area contributed by atoms with E-state index in [1.807, 2.05) is 0 Å². The van der Waals surface area contributed by atoms with Crippen molar-refractivity contribution in [3.8, 4) is 0 Å². The lowest BCUT2D eigenvalue weighted by Gasteiger charge is -2.14. The molecular formula is C9H16N2O2. The van der Waals surface area contributed by atoms with Crippen LogP contribution < -0.4 is 5.32 Å². The van der Waals surface area contributed by atoms with Crippen molar-refractivity contribution in [1.29, 1.82) is 0 Å². The van der Waals surface area contributed by atoms with Crippen LogP contribution in [0.1, 0.15) is 0 Å². The highest BCUT2D eigenvalue weighted by Crippen LogP contribution is 2.25. The van der Waals surface area contributed by atoms with E-state index in [0.29, 0.717) is 6.54 Å². The van der Waals surface area contributed by atoms with E-state index < -0.39 is 0 Å². The molecule has 0 saturated carbocycles. The summed E-state index contributed by atoms with van der Waals surface area (Å²) >= 11 is 0. The molecule has 2 aliphatic rings. The average Bonchev–Trinajstić information content (AvgIpc) is 2.63. The molecule has 1 N–H and O–H groups in total. The number of carbonyl (C=O) groups is 1. The van der Waals surface area contributed by atoms with Crippen molar-refractivity contribution in [1.82, 2.24) is 10.2 Å². The number of esters is 1. The minimum absolute atomic E-state index is 0.118. The van der Waals surface area contributed by atoms with Gasteiger partial charge in [-0.25, -0.2) is 0 Å². The van der Waals surface area contributed by atoms with Crippen molar-refractivity contribution < 1.29 is 9.53 Å². The summed E-state index contributed by atoms with van der Waals surface area (Å²) in [6, 6.07) is 0. The van der Waals surface area contributed by atoms with Crippen LogP contribution in [-0.4, -0.2) is 50.7 Å². The van der Waals surface area contributed by atoms with E-state index in [4.69, 9.17) is 0 Å². The van der Waals surface area contributed by atoms with E-state index in [-0.39, 0.29) is 5.97 Å². The third-order valence-corrected chi connectivity index (χ3v) is 3.05. The quantitative estimate of drug-likeness (QED) is 0.577. The second kappa shape index (κ2) is 3.64. The molecule has 4 nitrogen and oxygen atoms in total. The van der Waals surface area contributed by atoms with Gasteiger partial charge >= 0.3 is 5.97 Å². The first-order chi connectivity index (χ1) is 6.29. The van der Waals surface area contributed by atoms with Gasteiger partial charge in [-0.15, -0.1) is 0 Å². The van der Waals surface area contributed by atoms with Crippen LogP contribution in [0, 0.1) is 11.8 Å². The van der Waals surface area contributed by atoms with E-state index in [0.717, 1.165) is 38.0 Å². The molecule has 4 heteroatoms. The number of ether oxygens (including phenoxy) is 1. The first-order valence-corrected chi connectivity index (χ1v) is 4.79. The predicted molar refractivity (Wildman–Crippen MR) is 48.3 cm³/mol. The number of nitrogens with zero attached hydrogens (tertiary/aromatic N) is 1. The molecule has 0 bridgehead atoms.